The zero-order valence-electron chi connectivity index (χ0n) is 18.7. The molecule has 0 saturated carbocycles. The zero-order chi connectivity index (χ0) is 24.3. The molecule has 10 nitrogen and oxygen atoms in total. The summed E-state index contributed by atoms with van der Waals surface area (Å²) < 4.78 is 11.3. The van der Waals surface area contributed by atoms with Crippen LogP contribution in [-0.4, -0.2) is 59.0 Å². The Morgan fingerprint density at radius 1 is 1.25 bits per heavy atom. The van der Waals surface area contributed by atoms with Crippen molar-refractivity contribution in [2.75, 3.05) is 13.2 Å². The van der Waals surface area contributed by atoms with E-state index in [0.29, 0.717) is 13.0 Å². The summed E-state index contributed by atoms with van der Waals surface area (Å²) in [5, 5.41) is 18.4. The highest BCUT2D eigenvalue weighted by atomic mass is 32.2. The molecule has 12 heteroatoms. The van der Waals surface area contributed by atoms with Gasteiger partial charge in [0.2, 0.25) is 5.91 Å². The van der Waals surface area contributed by atoms with Crippen LogP contribution in [0.1, 0.15) is 27.2 Å². The smallest absolute Gasteiger partial charge is 0.374 e. The Morgan fingerprint density at radius 2 is 1.84 bits per heavy atom. The lowest BCUT2D eigenvalue weighted by atomic mass is 9.95. The Morgan fingerprint density at radius 3 is 2.34 bits per heavy atom. The minimum Gasteiger partial charge on any atom is -0.480 e. The Kier molecular flexibility index (Phi) is 8.07. The number of nitro benzene ring substituents is 1. The number of nitrogens with zero attached hydrogens (tertiary/aromatic N) is 2. The average molecular weight is 485 g/mol. The van der Waals surface area contributed by atoms with Gasteiger partial charge in [-0.3, -0.25) is 19.7 Å². The van der Waals surface area contributed by atoms with Crippen LogP contribution in [0.4, 0.5) is 10.5 Å². The van der Waals surface area contributed by atoms with Crippen molar-refractivity contribution in [1.82, 2.24) is 4.90 Å². The summed E-state index contributed by atoms with van der Waals surface area (Å²) in [7, 11) is -2.01. The fraction of sp³-hybridized carbons (Fsp3) is 0.550. The summed E-state index contributed by atoms with van der Waals surface area (Å²) in [5.41, 5.74) is -0.142. The quantitative estimate of drug-likeness (QED) is 0.180. The van der Waals surface area contributed by atoms with Crippen molar-refractivity contribution < 1.29 is 33.6 Å². The van der Waals surface area contributed by atoms with Gasteiger partial charge in [0.05, 0.1) is 10.8 Å². The summed E-state index contributed by atoms with van der Waals surface area (Å²) in [5.74, 6) is -1.97. The molecule has 1 saturated heterocycles. The predicted molar refractivity (Wildman–Crippen MR) is 121 cm³/mol. The monoisotopic (exact) mass is 484 g/mol. The second-order valence-corrected chi connectivity index (χ2v) is 14.8. The van der Waals surface area contributed by atoms with Crippen LogP contribution in [0, 0.1) is 16.0 Å². The number of thioether (sulfide) groups is 1. The molecule has 32 heavy (non-hydrogen) atoms. The Bertz CT molecular complexity index is 885. The van der Waals surface area contributed by atoms with Crippen LogP contribution in [-0.2, 0) is 14.0 Å². The molecule has 0 bridgehead atoms. The van der Waals surface area contributed by atoms with Gasteiger partial charge in [0, 0.05) is 18.7 Å². The first-order valence-electron chi connectivity index (χ1n) is 10.0. The molecule has 1 aliphatic rings. The van der Waals surface area contributed by atoms with Crippen LogP contribution >= 0.6 is 11.8 Å². The molecule has 0 aromatic heterocycles. The van der Waals surface area contributed by atoms with Crippen molar-refractivity contribution in [3.63, 3.8) is 0 Å². The third-order valence-electron chi connectivity index (χ3n) is 5.72. The Labute approximate surface area is 191 Å². The number of carboxylic acid groups (broad SMARTS) is 1. The number of benzene rings is 1. The molecule has 1 N–H and O–H groups in total. The third kappa shape index (κ3) is 6.30. The van der Waals surface area contributed by atoms with E-state index in [2.05, 4.69) is 33.9 Å². The number of hydrogen-bond donors (Lipinski definition) is 1. The van der Waals surface area contributed by atoms with Crippen molar-refractivity contribution in [3.8, 4) is 5.75 Å². The van der Waals surface area contributed by atoms with Gasteiger partial charge in [0.1, 0.15) is 17.7 Å². The van der Waals surface area contributed by atoms with Gasteiger partial charge >= 0.3 is 11.3 Å². The molecule has 2 atom stereocenters. The summed E-state index contributed by atoms with van der Waals surface area (Å²) in [4.78, 5) is 47.3. The first-order chi connectivity index (χ1) is 14.7. The van der Waals surface area contributed by atoms with Gasteiger partial charge in [-0.2, -0.15) is 0 Å². The lowest BCUT2D eigenvalue weighted by molar-refractivity contribution is -0.384. The zero-order valence-corrected chi connectivity index (χ0v) is 20.5. The molecule has 0 aliphatic carbocycles. The van der Waals surface area contributed by atoms with Crippen molar-refractivity contribution in [1.29, 1.82) is 0 Å². The molecule has 1 amide bonds. The number of aliphatic carboxylic acids is 1. The number of hydrogen-bond acceptors (Lipinski definition) is 8. The molecular weight excluding hydrogens is 456 g/mol. The number of amides is 1. The van der Waals surface area contributed by atoms with Crippen LogP contribution in [0.2, 0.25) is 18.1 Å². The van der Waals surface area contributed by atoms with Gasteiger partial charge < -0.3 is 19.2 Å². The van der Waals surface area contributed by atoms with E-state index in [-0.39, 0.29) is 22.4 Å². The van der Waals surface area contributed by atoms with E-state index in [9.17, 15) is 24.5 Å². The maximum Gasteiger partial charge on any atom is 0.374 e. The summed E-state index contributed by atoms with van der Waals surface area (Å²) in [6, 6.07) is 5.00. The molecular formula is C20H28N2O8SSi. The van der Waals surface area contributed by atoms with Gasteiger partial charge in [-0.1, -0.05) is 20.8 Å². The molecule has 0 radical (unpaired) electrons. The number of carbonyl (C=O) groups is 3. The number of β-lactam (4-membered cyclic amide) rings is 1. The maximum absolute atomic E-state index is 12.5. The van der Waals surface area contributed by atoms with E-state index in [0.717, 1.165) is 16.7 Å². The van der Waals surface area contributed by atoms with Crippen LogP contribution in [0.25, 0.3) is 0 Å². The fourth-order valence-corrected chi connectivity index (χ4v) is 4.96. The van der Waals surface area contributed by atoms with Crippen molar-refractivity contribution in [2.45, 2.75) is 50.7 Å². The van der Waals surface area contributed by atoms with Gasteiger partial charge in [0.25, 0.3) is 5.69 Å². The van der Waals surface area contributed by atoms with Gasteiger partial charge in [-0.25, -0.2) is 4.79 Å². The van der Waals surface area contributed by atoms with Crippen LogP contribution in [0.15, 0.2) is 24.3 Å². The molecule has 0 spiro atoms. The Hall–Kier alpha value is -2.44. The molecule has 1 aromatic rings. The predicted octanol–water partition coefficient (Wildman–Crippen LogP) is 4.11. The summed E-state index contributed by atoms with van der Waals surface area (Å²) in [6.07, 6.45) is 0.365. The number of likely N-dealkylation sites (tertiary alicyclic amines) is 1. The molecule has 1 aliphatic heterocycles. The lowest BCUT2D eigenvalue weighted by Crippen LogP contribution is -2.61. The number of nitro groups is 1. The minimum atomic E-state index is -2.01. The van der Waals surface area contributed by atoms with Crippen LogP contribution in [0.3, 0.4) is 0 Å². The number of carboxylic acids is 1. The van der Waals surface area contributed by atoms with Crippen molar-refractivity contribution >= 4 is 42.9 Å². The largest absolute Gasteiger partial charge is 0.480 e. The molecule has 176 valence electrons. The number of ether oxygens (including phenoxy) is 1. The van der Waals surface area contributed by atoms with Gasteiger partial charge in [0.15, 0.2) is 8.32 Å². The number of rotatable bonds is 9. The number of non-ortho nitro benzene ring substituents is 1. The van der Waals surface area contributed by atoms with Gasteiger partial charge in [-0.05, 0) is 48.4 Å². The summed E-state index contributed by atoms with van der Waals surface area (Å²) in [6.45, 7) is 10.3. The van der Waals surface area contributed by atoms with Gasteiger partial charge in [-0.15, -0.1) is 0 Å². The van der Waals surface area contributed by atoms with Crippen molar-refractivity contribution in [3.05, 3.63) is 34.4 Å². The first kappa shape index (κ1) is 25.8. The number of carbonyl (C=O) groups excluding carboxylic acids is 2. The Balaban J connectivity index is 2.01. The maximum atomic E-state index is 12.5. The van der Waals surface area contributed by atoms with E-state index in [1.165, 1.54) is 24.3 Å². The summed E-state index contributed by atoms with van der Waals surface area (Å²) >= 11 is 0.720. The highest BCUT2D eigenvalue weighted by molar-refractivity contribution is 8.13. The fourth-order valence-electron chi connectivity index (χ4n) is 2.83. The molecule has 2 rings (SSSR count). The second kappa shape index (κ2) is 10.0. The second-order valence-electron chi connectivity index (χ2n) is 8.98. The first-order valence-corrected chi connectivity index (χ1v) is 13.8. The van der Waals surface area contributed by atoms with E-state index in [4.69, 9.17) is 14.3 Å². The molecule has 1 fully saturated rings. The minimum absolute atomic E-state index is 0.00861. The lowest BCUT2D eigenvalue weighted by Gasteiger charge is -2.45. The van der Waals surface area contributed by atoms with Crippen LogP contribution in [0.5, 0.6) is 5.75 Å². The standard InChI is InChI=1S/C20H28N2O8SSi/c1-20(2,3)32(4,5)29-11-10-15-17(25)21(12-16(23)24)18(15)31-19(26)30-14-8-6-13(7-9-14)22(27)28/h6-9,15,18H,10-12H2,1-5H3,(H,23,24)/t15-,18+/m0/s1. The van der Waals surface area contributed by atoms with E-state index >= 15 is 0 Å². The van der Waals surface area contributed by atoms with Crippen LogP contribution < -0.4 is 4.74 Å². The van der Waals surface area contributed by atoms with E-state index in [1.807, 2.05) is 0 Å². The van der Waals surface area contributed by atoms with Crippen molar-refractivity contribution in [2.24, 2.45) is 5.92 Å². The molecule has 1 heterocycles. The molecule has 0 unspecified atom stereocenters. The molecule has 1 aromatic carbocycles. The van der Waals surface area contributed by atoms with E-state index in [1.54, 1.807) is 0 Å². The highest BCUT2D eigenvalue weighted by Gasteiger charge is 2.50. The third-order valence-corrected chi connectivity index (χ3v) is 11.4. The SMILES string of the molecule is CC(C)(C)[Si](C)(C)OCC[C@H]1C(=O)N(CC(=O)O)[C@@H]1SC(=O)Oc1ccc([N+](=O)[O-])cc1. The highest BCUT2D eigenvalue weighted by Crippen LogP contribution is 2.40. The topological polar surface area (TPSA) is 136 Å². The van der Waals surface area contributed by atoms with E-state index < -0.39 is 42.3 Å². The normalized spacial score (nSPS) is 18.8. The average Bonchev–Trinajstić information content (AvgIpc) is 2.67.